The molecule has 0 saturated carbocycles. The number of benzene rings is 1. The molecule has 1 aromatic rings. The molecule has 2 N–H and O–H groups in total. The first-order valence-electron chi connectivity index (χ1n) is 6.85. The first-order chi connectivity index (χ1) is 9.94. The lowest BCUT2D eigenvalue weighted by atomic mass is 9.96. The summed E-state index contributed by atoms with van der Waals surface area (Å²) in [7, 11) is -2.30. The summed E-state index contributed by atoms with van der Waals surface area (Å²) in [4.78, 5) is 11.5. The third kappa shape index (κ3) is 4.42. The molecule has 8 heteroatoms. The highest BCUT2D eigenvalue weighted by Gasteiger charge is 2.26. The summed E-state index contributed by atoms with van der Waals surface area (Å²) in [5, 5.41) is 3.18. The minimum Gasteiger partial charge on any atom is -0.465 e. The molecule has 1 aliphatic heterocycles. The Morgan fingerprint density at radius 2 is 1.95 bits per heavy atom. The fraction of sp³-hybridized carbons (Fsp3) is 0.500. The molecule has 0 spiro atoms. The summed E-state index contributed by atoms with van der Waals surface area (Å²) >= 11 is 0. The van der Waals surface area contributed by atoms with Crippen molar-refractivity contribution in [3.8, 4) is 0 Å². The van der Waals surface area contributed by atoms with E-state index in [0.717, 1.165) is 13.0 Å². The van der Waals surface area contributed by atoms with Gasteiger partial charge < -0.3 is 10.1 Å². The van der Waals surface area contributed by atoms with Gasteiger partial charge in [0.2, 0.25) is 10.0 Å². The largest absolute Gasteiger partial charge is 0.465 e. The Morgan fingerprint density at radius 1 is 1.32 bits per heavy atom. The van der Waals surface area contributed by atoms with E-state index in [4.69, 9.17) is 0 Å². The molecule has 1 saturated heterocycles. The van der Waals surface area contributed by atoms with Crippen molar-refractivity contribution >= 4 is 28.4 Å². The van der Waals surface area contributed by atoms with Crippen molar-refractivity contribution in [2.45, 2.75) is 24.3 Å². The molecule has 1 heterocycles. The van der Waals surface area contributed by atoms with Crippen LogP contribution in [0.4, 0.5) is 0 Å². The van der Waals surface area contributed by atoms with E-state index in [1.54, 1.807) is 0 Å². The summed E-state index contributed by atoms with van der Waals surface area (Å²) in [6.07, 6.45) is 0.939. The van der Waals surface area contributed by atoms with E-state index in [-0.39, 0.29) is 29.3 Å². The minimum atomic E-state index is -3.58. The van der Waals surface area contributed by atoms with Crippen molar-refractivity contribution in [2.75, 3.05) is 20.2 Å². The average Bonchev–Trinajstić information content (AvgIpc) is 2.49. The second kappa shape index (κ2) is 7.92. The van der Waals surface area contributed by atoms with Crippen LogP contribution in [0.5, 0.6) is 0 Å². The lowest BCUT2D eigenvalue weighted by Crippen LogP contribution is -2.50. The Labute approximate surface area is 137 Å². The minimum absolute atomic E-state index is 0. The number of hydrogen-bond acceptors (Lipinski definition) is 5. The monoisotopic (exact) mass is 348 g/mol. The van der Waals surface area contributed by atoms with Crippen LogP contribution < -0.4 is 10.0 Å². The van der Waals surface area contributed by atoms with Crippen LogP contribution in [-0.4, -0.2) is 40.6 Å². The zero-order chi connectivity index (χ0) is 15.5. The molecule has 1 aliphatic rings. The van der Waals surface area contributed by atoms with E-state index in [9.17, 15) is 13.2 Å². The predicted octanol–water partition coefficient (Wildman–Crippen LogP) is 1.17. The molecule has 0 radical (unpaired) electrons. The summed E-state index contributed by atoms with van der Waals surface area (Å²) in [6.45, 7) is 3.57. The molecule has 6 nitrogen and oxygen atoms in total. The van der Waals surface area contributed by atoms with E-state index in [1.807, 2.05) is 6.92 Å². The number of piperidine rings is 1. The van der Waals surface area contributed by atoms with Gasteiger partial charge in [-0.25, -0.2) is 17.9 Å². The van der Waals surface area contributed by atoms with E-state index >= 15 is 0 Å². The van der Waals surface area contributed by atoms with E-state index in [0.29, 0.717) is 12.1 Å². The first-order valence-corrected chi connectivity index (χ1v) is 8.34. The molecule has 0 aromatic heterocycles. The molecule has 0 aliphatic carbocycles. The number of halogens is 1. The Morgan fingerprint density at radius 3 is 2.50 bits per heavy atom. The van der Waals surface area contributed by atoms with Crippen molar-refractivity contribution in [1.29, 1.82) is 0 Å². The van der Waals surface area contributed by atoms with Crippen molar-refractivity contribution in [3.05, 3.63) is 29.8 Å². The molecule has 0 amide bonds. The highest BCUT2D eigenvalue weighted by molar-refractivity contribution is 7.89. The van der Waals surface area contributed by atoms with Crippen LogP contribution in [0.25, 0.3) is 0 Å². The highest BCUT2D eigenvalue weighted by atomic mass is 35.5. The van der Waals surface area contributed by atoms with Crippen LogP contribution >= 0.6 is 12.4 Å². The second-order valence-electron chi connectivity index (χ2n) is 5.21. The van der Waals surface area contributed by atoms with Gasteiger partial charge in [-0.15, -0.1) is 12.4 Å². The SMILES string of the molecule is COC(=O)c1ccc(S(=O)(=O)NC2CNCCC2C)cc1.Cl. The number of nitrogens with one attached hydrogen (secondary N) is 2. The third-order valence-corrected chi connectivity index (χ3v) is 5.23. The van der Waals surface area contributed by atoms with Crippen molar-refractivity contribution in [1.82, 2.24) is 10.0 Å². The quantitative estimate of drug-likeness (QED) is 0.798. The number of ether oxygens (including phenoxy) is 1. The van der Waals surface area contributed by atoms with Crippen LogP contribution in [0.1, 0.15) is 23.7 Å². The number of methoxy groups -OCH3 is 1. The summed E-state index contributed by atoms with van der Waals surface area (Å²) in [6, 6.07) is 5.60. The fourth-order valence-corrected chi connectivity index (χ4v) is 3.65. The third-order valence-electron chi connectivity index (χ3n) is 3.72. The van der Waals surface area contributed by atoms with Gasteiger partial charge in [0.15, 0.2) is 0 Å². The van der Waals surface area contributed by atoms with Gasteiger partial charge in [0, 0.05) is 12.6 Å². The van der Waals surface area contributed by atoms with Gasteiger partial charge in [-0.3, -0.25) is 0 Å². The number of hydrogen-bond donors (Lipinski definition) is 2. The zero-order valence-electron chi connectivity index (χ0n) is 12.5. The van der Waals surface area contributed by atoms with E-state index in [1.165, 1.54) is 31.4 Å². The molecular weight excluding hydrogens is 328 g/mol. The smallest absolute Gasteiger partial charge is 0.337 e. The Hall–Kier alpha value is -1.15. The van der Waals surface area contributed by atoms with Crippen LogP contribution in [0.15, 0.2) is 29.2 Å². The maximum Gasteiger partial charge on any atom is 0.337 e. The number of sulfonamides is 1. The lowest BCUT2D eigenvalue weighted by Gasteiger charge is -2.29. The molecule has 2 unspecified atom stereocenters. The van der Waals surface area contributed by atoms with Gasteiger partial charge in [0.05, 0.1) is 17.6 Å². The average molecular weight is 349 g/mol. The van der Waals surface area contributed by atoms with Crippen LogP contribution in [-0.2, 0) is 14.8 Å². The van der Waals surface area contributed by atoms with Gasteiger partial charge in [-0.2, -0.15) is 0 Å². The van der Waals surface area contributed by atoms with Crippen molar-refractivity contribution < 1.29 is 17.9 Å². The predicted molar refractivity (Wildman–Crippen MR) is 85.8 cm³/mol. The first kappa shape index (κ1) is 18.9. The molecule has 1 aromatic carbocycles. The van der Waals surface area contributed by atoms with Crippen LogP contribution in [0.3, 0.4) is 0 Å². The second-order valence-corrected chi connectivity index (χ2v) is 6.93. The summed E-state index contributed by atoms with van der Waals surface area (Å²) < 4.78 is 32.0. The molecule has 2 atom stereocenters. The standard InChI is InChI=1S/C14H20N2O4S.ClH/c1-10-7-8-15-9-13(10)16-21(18,19)12-5-3-11(4-6-12)14(17)20-2;/h3-6,10,13,15-16H,7-9H2,1-2H3;1H. The molecular formula is C14H21ClN2O4S. The van der Waals surface area contributed by atoms with Gasteiger partial charge in [0.1, 0.15) is 0 Å². The molecule has 0 bridgehead atoms. The zero-order valence-corrected chi connectivity index (χ0v) is 14.2. The number of carbonyl (C=O) groups is 1. The van der Waals surface area contributed by atoms with Crippen LogP contribution in [0, 0.1) is 5.92 Å². The fourth-order valence-electron chi connectivity index (χ4n) is 2.30. The van der Waals surface area contributed by atoms with Crippen LogP contribution in [0.2, 0.25) is 0 Å². The number of esters is 1. The van der Waals surface area contributed by atoms with E-state index in [2.05, 4.69) is 14.8 Å². The summed E-state index contributed by atoms with van der Waals surface area (Å²) in [5.74, 6) is -0.202. The van der Waals surface area contributed by atoms with Gasteiger partial charge in [0.25, 0.3) is 0 Å². The maximum atomic E-state index is 12.3. The Kier molecular flexibility index (Phi) is 6.80. The van der Waals surface area contributed by atoms with Gasteiger partial charge in [-0.05, 0) is 43.1 Å². The number of carbonyl (C=O) groups excluding carboxylic acids is 1. The molecule has 1 fully saturated rings. The molecule has 124 valence electrons. The maximum absolute atomic E-state index is 12.3. The Balaban J connectivity index is 0.00000242. The Bertz CT molecular complexity index is 604. The number of rotatable bonds is 4. The summed E-state index contributed by atoms with van der Waals surface area (Å²) in [5.41, 5.74) is 0.323. The molecule has 22 heavy (non-hydrogen) atoms. The highest BCUT2D eigenvalue weighted by Crippen LogP contribution is 2.16. The topological polar surface area (TPSA) is 84.5 Å². The lowest BCUT2D eigenvalue weighted by molar-refractivity contribution is 0.0600. The van der Waals surface area contributed by atoms with Gasteiger partial charge >= 0.3 is 5.97 Å². The molecule has 2 rings (SSSR count). The van der Waals surface area contributed by atoms with Gasteiger partial charge in [-0.1, -0.05) is 6.92 Å². The van der Waals surface area contributed by atoms with E-state index < -0.39 is 16.0 Å². The normalized spacial score (nSPS) is 21.7. The van der Waals surface area contributed by atoms with Crippen molar-refractivity contribution in [2.24, 2.45) is 5.92 Å². The van der Waals surface area contributed by atoms with Crippen molar-refractivity contribution in [3.63, 3.8) is 0 Å².